The Kier molecular flexibility index (Phi) is 5.24. The molecule has 6 heteroatoms. The lowest BCUT2D eigenvalue weighted by Gasteiger charge is -2.18. The van der Waals surface area contributed by atoms with Crippen LogP contribution in [0.25, 0.3) is 5.65 Å². The highest BCUT2D eigenvalue weighted by Gasteiger charge is 2.13. The van der Waals surface area contributed by atoms with E-state index in [0.29, 0.717) is 24.5 Å². The Morgan fingerprint density at radius 3 is 2.79 bits per heavy atom. The number of amides is 1. The van der Waals surface area contributed by atoms with Gasteiger partial charge in [0, 0.05) is 31.5 Å². The number of halogens is 1. The van der Waals surface area contributed by atoms with Crippen LogP contribution in [0.1, 0.15) is 21.6 Å². The maximum atomic E-state index is 13.4. The number of benzene rings is 2. The SMILES string of the molecule is CN(Cc1cccc(F)c1)C(=O)c1cccc(OCc2cn3ccccc3n2)c1. The number of imidazole rings is 1. The van der Waals surface area contributed by atoms with E-state index < -0.39 is 0 Å². The number of fused-ring (bicyclic) bond motifs is 1. The Balaban J connectivity index is 1.42. The molecule has 4 aromatic rings. The maximum absolute atomic E-state index is 13.4. The summed E-state index contributed by atoms with van der Waals surface area (Å²) in [7, 11) is 1.69. The summed E-state index contributed by atoms with van der Waals surface area (Å²) in [6.45, 7) is 0.626. The molecule has 2 heterocycles. The van der Waals surface area contributed by atoms with Crippen LogP contribution in [-0.4, -0.2) is 27.2 Å². The molecule has 0 fully saturated rings. The van der Waals surface area contributed by atoms with E-state index in [-0.39, 0.29) is 11.7 Å². The minimum Gasteiger partial charge on any atom is -0.487 e. The first-order valence-corrected chi connectivity index (χ1v) is 9.24. The van der Waals surface area contributed by atoms with Crippen LogP contribution in [0.15, 0.2) is 79.1 Å². The molecule has 2 aromatic heterocycles. The van der Waals surface area contributed by atoms with Crippen molar-refractivity contribution in [2.75, 3.05) is 7.05 Å². The van der Waals surface area contributed by atoms with Gasteiger partial charge in [0.15, 0.2) is 0 Å². The Bertz CT molecular complexity index is 1120. The molecular weight excluding hydrogens is 369 g/mol. The van der Waals surface area contributed by atoms with Crippen LogP contribution < -0.4 is 4.74 Å². The van der Waals surface area contributed by atoms with Crippen LogP contribution in [-0.2, 0) is 13.2 Å². The molecule has 0 bridgehead atoms. The van der Waals surface area contributed by atoms with Gasteiger partial charge in [0.05, 0.1) is 5.69 Å². The number of pyridine rings is 1. The van der Waals surface area contributed by atoms with E-state index in [2.05, 4.69) is 4.98 Å². The number of rotatable bonds is 6. The summed E-state index contributed by atoms with van der Waals surface area (Å²) in [6.07, 6.45) is 3.84. The van der Waals surface area contributed by atoms with E-state index in [1.165, 1.54) is 12.1 Å². The molecule has 0 atom stereocenters. The van der Waals surface area contributed by atoms with Crippen molar-refractivity contribution in [2.45, 2.75) is 13.2 Å². The average Bonchev–Trinajstić information content (AvgIpc) is 3.15. The molecule has 29 heavy (non-hydrogen) atoms. The third-order valence-electron chi connectivity index (χ3n) is 4.54. The van der Waals surface area contributed by atoms with Gasteiger partial charge in [-0.25, -0.2) is 9.37 Å². The first kappa shape index (κ1) is 18.7. The highest BCUT2D eigenvalue weighted by Crippen LogP contribution is 2.17. The van der Waals surface area contributed by atoms with E-state index >= 15 is 0 Å². The molecule has 0 saturated heterocycles. The highest BCUT2D eigenvalue weighted by atomic mass is 19.1. The van der Waals surface area contributed by atoms with Crippen molar-refractivity contribution in [3.05, 3.63) is 102 Å². The molecule has 2 aromatic carbocycles. The van der Waals surface area contributed by atoms with Crippen LogP contribution in [0, 0.1) is 5.82 Å². The van der Waals surface area contributed by atoms with Gasteiger partial charge in [-0.05, 0) is 48.0 Å². The Morgan fingerprint density at radius 2 is 1.97 bits per heavy atom. The molecular formula is C23H20FN3O2. The molecule has 4 rings (SSSR count). The normalized spacial score (nSPS) is 10.8. The van der Waals surface area contributed by atoms with Gasteiger partial charge in [-0.3, -0.25) is 4.79 Å². The standard InChI is InChI=1S/C23H20FN3O2/c1-26(14-17-6-4-8-19(24)12-17)23(28)18-7-5-9-21(13-18)29-16-20-15-27-11-3-2-10-22(27)25-20/h2-13,15H,14,16H2,1H3. The lowest BCUT2D eigenvalue weighted by Crippen LogP contribution is -2.26. The predicted molar refractivity (Wildman–Crippen MR) is 108 cm³/mol. The topological polar surface area (TPSA) is 46.8 Å². The molecule has 0 N–H and O–H groups in total. The van der Waals surface area contributed by atoms with Crippen molar-refractivity contribution in [3.8, 4) is 5.75 Å². The smallest absolute Gasteiger partial charge is 0.254 e. The summed E-state index contributed by atoms with van der Waals surface area (Å²) in [5.74, 6) is 0.116. The lowest BCUT2D eigenvalue weighted by molar-refractivity contribution is 0.0784. The number of hydrogen-bond acceptors (Lipinski definition) is 3. The van der Waals surface area contributed by atoms with Gasteiger partial charge in [0.2, 0.25) is 0 Å². The second-order valence-electron chi connectivity index (χ2n) is 6.81. The fourth-order valence-corrected chi connectivity index (χ4v) is 3.13. The van der Waals surface area contributed by atoms with Crippen molar-refractivity contribution in [1.82, 2.24) is 14.3 Å². The van der Waals surface area contributed by atoms with Crippen molar-refractivity contribution >= 4 is 11.6 Å². The number of ether oxygens (including phenoxy) is 1. The molecule has 5 nitrogen and oxygen atoms in total. The Morgan fingerprint density at radius 1 is 1.10 bits per heavy atom. The quantitative estimate of drug-likeness (QED) is 0.493. The van der Waals surface area contributed by atoms with E-state index in [4.69, 9.17) is 4.74 Å². The molecule has 0 aliphatic heterocycles. The zero-order valence-electron chi connectivity index (χ0n) is 16.0. The summed E-state index contributed by atoms with van der Waals surface area (Å²) >= 11 is 0. The van der Waals surface area contributed by atoms with Gasteiger partial charge in [-0.1, -0.05) is 24.3 Å². The van der Waals surface area contributed by atoms with Crippen molar-refractivity contribution in [3.63, 3.8) is 0 Å². The van der Waals surface area contributed by atoms with Gasteiger partial charge in [-0.2, -0.15) is 0 Å². The largest absolute Gasteiger partial charge is 0.487 e. The number of carbonyl (C=O) groups is 1. The van der Waals surface area contributed by atoms with E-state index in [1.807, 2.05) is 35.0 Å². The van der Waals surface area contributed by atoms with Crippen LogP contribution in [0.5, 0.6) is 5.75 Å². The third-order valence-corrected chi connectivity index (χ3v) is 4.54. The van der Waals surface area contributed by atoms with E-state index in [1.54, 1.807) is 48.3 Å². The predicted octanol–water partition coefficient (Wildman–Crippen LogP) is 4.32. The van der Waals surface area contributed by atoms with Gasteiger partial charge < -0.3 is 14.0 Å². The molecule has 0 radical (unpaired) electrons. The molecule has 146 valence electrons. The highest BCUT2D eigenvalue weighted by molar-refractivity contribution is 5.94. The monoisotopic (exact) mass is 389 g/mol. The van der Waals surface area contributed by atoms with E-state index in [9.17, 15) is 9.18 Å². The molecule has 0 aliphatic carbocycles. The summed E-state index contributed by atoms with van der Waals surface area (Å²) in [5, 5.41) is 0. The van der Waals surface area contributed by atoms with Gasteiger partial charge in [0.25, 0.3) is 5.91 Å². The first-order valence-electron chi connectivity index (χ1n) is 9.24. The van der Waals surface area contributed by atoms with Crippen molar-refractivity contribution in [2.24, 2.45) is 0 Å². The third kappa shape index (κ3) is 4.43. The van der Waals surface area contributed by atoms with Gasteiger partial charge in [-0.15, -0.1) is 0 Å². The molecule has 0 saturated carbocycles. The van der Waals surface area contributed by atoms with Crippen LogP contribution in [0.2, 0.25) is 0 Å². The zero-order valence-corrected chi connectivity index (χ0v) is 16.0. The lowest BCUT2D eigenvalue weighted by atomic mass is 10.1. The molecule has 0 unspecified atom stereocenters. The van der Waals surface area contributed by atoms with Crippen molar-refractivity contribution in [1.29, 1.82) is 0 Å². The number of nitrogens with zero attached hydrogens (tertiary/aromatic N) is 3. The van der Waals surface area contributed by atoms with Crippen LogP contribution in [0.4, 0.5) is 4.39 Å². The Labute approximate surface area is 168 Å². The number of hydrogen-bond donors (Lipinski definition) is 0. The maximum Gasteiger partial charge on any atom is 0.254 e. The molecule has 0 aliphatic rings. The second kappa shape index (κ2) is 8.14. The zero-order chi connectivity index (χ0) is 20.2. The molecule has 0 spiro atoms. The van der Waals surface area contributed by atoms with Crippen molar-refractivity contribution < 1.29 is 13.9 Å². The summed E-state index contributed by atoms with van der Waals surface area (Å²) in [5.41, 5.74) is 2.90. The molecule has 1 amide bonds. The minimum absolute atomic E-state index is 0.160. The summed E-state index contributed by atoms with van der Waals surface area (Å²) < 4.78 is 21.1. The van der Waals surface area contributed by atoms with Gasteiger partial charge in [0.1, 0.15) is 23.8 Å². The van der Waals surface area contributed by atoms with E-state index in [0.717, 1.165) is 16.9 Å². The minimum atomic E-state index is -0.314. The summed E-state index contributed by atoms with van der Waals surface area (Å²) in [6, 6.07) is 19.1. The number of aromatic nitrogens is 2. The second-order valence-corrected chi connectivity index (χ2v) is 6.81. The van der Waals surface area contributed by atoms with Crippen LogP contribution >= 0.6 is 0 Å². The fraction of sp³-hybridized carbons (Fsp3) is 0.130. The average molecular weight is 389 g/mol. The fourth-order valence-electron chi connectivity index (χ4n) is 3.13. The Hall–Kier alpha value is -3.67. The van der Waals surface area contributed by atoms with Crippen LogP contribution in [0.3, 0.4) is 0 Å². The van der Waals surface area contributed by atoms with Gasteiger partial charge >= 0.3 is 0 Å². The first-order chi connectivity index (χ1) is 14.1. The summed E-state index contributed by atoms with van der Waals surface area (Å²) in [4.78, 5) is 18.8. The number of carbonyl (C=O) groups excluding carboxylic acids is 1.